The van der Waals surface area contributed by atoms with E-state index in [1.807, 2.05) is 18.2 Å². The van der Waals surface area contributed by atoms with Crippen LogP contribution in [0.3, 0.4) is 0 Å². The zero-order valence-electron chi connectivity index (χ0n) is 16.5. The molecule has 0 aromatic heterocycles. The van der Waals surface area contributed by atoms with E-state index in [0.717, 1.165) is 19.3 Å². The second-order valence-electron chi connectivity index (χ2n) is 6.21. The van der Waals surface area contributed by atoms with Crippen LogP contribution < -0.4 is 11.5 Å². The number of hydrogen-bond acceptors (Lipinski definition) is 2. The van der Waals surface area contributed by atoms with Crippen molar-refractivity contribution in [1.29, 1.82) is 0 Å². The molecule has 0 aliphatic rings. The van der Waals surface area contributed by atoms with Gasteiger partial charge in [0.25, 0.3) is 0 Å². The average Bonchev–Trinajstić information content (AvgIpc) is 2.71. The summed E-state index contributed by atoms with van der Waals surface area (Å²) in [7, 11) is 0. The Morgan fingerprint density at radius 2 is 1.69 bits per heavy atom. The topological polar surface area (TPSA) is 52.0 Å². The molecule has 1 atom stereocenters. The summed E-state index contributed by atoms with van der Waals surface area (Å²) < 4.78 is 0. The van der Waals surface area contributed by atoms with E-state index < -0.39 is 0 Å². The monoisotopic (exact) mass is 350 g/mol. The minimum absolute atomic E-state index is 0.209. The van der Waals surface area contributed by atoms with Crippen molar-refractivity contribution in [1.82, 2.24) is 0 Å². The molecule has 0 saturated heterocycles. The van der Waals surface area contributed by atoms with Crippen molar-refractivity contribution in [3.05, 3.63) is 89.5 Å². The molecule has 0 bridgehead atoms. The van der Waals surface area contributed by atoms with Crippen molar-refractivity contribution in [2.24, 2.45) is 11.5 Å². The molecule has 0 aliphatic carbocycles. The molecule has 1 unspecified atom stereocenters. The van der Waals surface area contributed by atoms with Gasteiger partial charge >= 0.3 is 0 Å². The summed E-state index contributed by atoms with van der Waals surface area (Å²) in [5.74, 6) is 0. The van der Waals surface area contributed by atoms with Crippen LogP contribution in [0.1, 0.15) is 62.8 Å². The predicted octanol–water partition coefficient (Wildman–Crippen LogP) is 6.00. The van der Waals surface area contributed by atoms with E-state index in [9.17, 15) is 0 Å². The first-order chi connectivity index (χ1) is 12.7. The molecule has 2 aromatic carbocycles. The minimum Gasteiger partial charge on any atom is -0.326 e. The van der Waals surface area contributed by atoms with Gasteiger partial charge in [-0.15, -0.1) is 0 Å². The van der Waals surface area contributed by atoms with Crippen LogP contribution in [-0.4, -0.2) is 0 Å². The summed E-state index contributed by atoms with van der Waals surface area (Å²) in [6.07, 6.45) is 9.76. The number of benzene rings is 2. The number of nitrogens with two attached hydrogens (primary N) is 2. The van der Waals surface area contributed by atoms with Crippen LogP contribution in [-0.2, 0) is 6.54 Å². The first-order valence-corrected chi connectivity index (χ1v) is 9.62. The van der Waals surface area contributed by atoms with Crippen molar-refractivity contribution in [2.45, 2.75) is 52.6 Å². The fraction of sp³-hybridized carbons (Fsp3) is 0.333. The molecule has 0 saturated carbocycles. The van der Waals surface area contributed by atoms with Gasteiger partial charge in [-0.1, -0.05) is 87.5 Å². The highest BCUT2D eigenvalue weighted by molar-refractivity contribution is 5.74. The van der Waals surface area contributed by atoms with Gasteiger partial charge in [0.05, 0.1) is 0 Å². The summed E-state index contributed by atoms with van der Waals surface area (Å²) >= 11 is 0. The van der Waals surface area contributed by atoms with Crippen LogP contribution in [0, 0.1) is 0 Å². The maximum atomic E-state index is 5.79. The molecular weight excluding hydrogens is 316 g/mol. The third-order valence-corrected chi connectivity index (χ3v) is 4.12. The Kier molecular flexibility index (Phi) is 11.0. The quantitative estimate of drug-likeness (QED) is 0.602. The third-order valence-electron chi connectivity index (χ3n) is 4.12. The first-order valence-electron chi connectivity index (χ1n) is 9.62. The molecule has 4 N–H and O–H groups in total. The van der Waals surface area contributed by atoms with E-state index in [0.29, 0.717) is 6.54 Å². The molecule has 2 rings (SSSR count). The van der Waals surface area contributed by atoms with Crippen molar-refractivity contribution in [3.8, 4) is 0 Å². The molecule has 26 heavy (non-hydrogen) atoms. The smallest absolute Gasteiger partial charge is 0.0292 e. The Labute approximate surface area is 159 Å². The SMILES string of the molecule is CC/C=C\C(=C/CC)c1cccc(CN)c1.CCC(N)c1ccccc1. The molecule has 0 spiro atoms. The number of allylic oxidation sites excluding steroid dienone is 4. The van der Waals surface area contributed by atoms with Crippen molar-refractivity contribution >= 4 is 5.57 Å². The Bertz CT molecular complexity index is 672. The van der Waals surface area contributed by atoms with E-state index in [-0.39, 0.29) is 6.04 Å². The van der Waals surface area contributed by atoms with Gasteiger partial charge < -0.3 is 11.5 Å². The standard InChI is InChI=1S/C15H21N.C9H13N/c1-3-5-9-14(7-4-2)15-10-6-8-13(11-15)12-16;1-2-9(10)8-6-4-3-5-7-8/h5-11H,3-4,12,16H2,1-2H3;3-7,9H,2,10H2,1H3/b9-5-,14-7+;. The fourth-order valence-electron chi connectivity index (χ4n) is 2.56. The molecule has 0 fully saturated rings. The lowest BCUT2D eigenvalue weighted by Crippen LogP contribution is -2.07. The zero-order valence-corrected chi connectivity index (χ0v) is 16.5. The van der Waals surface area contributed by atoms with E-state index >= 15 is 0 Å². The molecule has 2 heteroatoms. The summed E-state index contributed by atoms with van der Waals surface area (Å²) in [4.78, 5) is 0. The lowest BCUT2D eigenvalue weighted by Gasteiger charge is -2.06. The van der Waals surface area contributed by atoms with Gasteiger partial charge in [-0.25, -0.2) is 0 Å². The first kappa shape index (κ1) is 21.9. The highest BCUT2D eigenvalue weighted by Gasteiger charge is 1.99. The molecule has 0 aliphatic heterocycles. The molecule has 0 radical (unpaired) electrons. The largest absolute Gasteiger partial charge is 0.326 e. The van der Waals surface area contributed by atoms with E-state index in [2.05, 4.69) is 75.4 Å². The highest BCUT2D eigenvalue weighted by atomic mass is 14.6. The Morgan fingerprint density at radius 3 is 2.27 bits per heavy atom. The van der Waals surface area contributed by atoms with Gasteiger partial charge in [0, 0.05) is 12.6 Å². The zero-order chi connectivity index (χ0) is 19.2. The van der Waals surface area contributed by atoms with Crippen molar-refractivity contribution in [3.63, 3.8) is 0 Å². The molecule has 2 aromatic rings. The van der Waals surface area contributed by atoms with Crippen LogP contribution in [0.2, 0.25) is 0 Å². The Balaban J connectivity index is 0.000000289. The molecule has 0 amide bonds. The Hall–Kier alpha value is -2.16. The second kappa shape index (κ2) is 13.1. The van der Waals surface area contributed by atoms with E-state index in [1.165, 1.54) is 22.3 Å². The van der Waals surface area contributed by atoms with Crippen LogP contribution in [0.25, 0.3) is 5.57 Å². The lowest BCUT2D eigenvalue weighted by atomic mass is 10.0. The maximum absolute atomic E-state index is 5.79. The number of hydrogen-bond donors (Lipinski definition) is 2. The van der Waals surface area contributed by atoms with Gasteiger partial charge in [0.15, 0.2) is 0 Å². The van der Waals surface area contributed by atoms with Gasteiger partial charge in [-0.2, -0.15) is 0 Å². The minimum atomic E-state index is 0.209. The number of rotatable bonds is 7. The van der Waals surface area contributed by atoms with Gasteiger partial charge in [0.1, 0.15) is 0 Å². The molecule has 140 valence electrons. The van der Waals surface area contributed by atoms with Crippen LogP contribution in [0.5, 0.6) is 0 Å². The van der Waals surface area contributed by atoms with Crippen LogP contribution >= 0.6 is 0 Å². The van der Waals surface area contributed by atoms with E-state index in [4.69, 9.17) is 11.5 Å². The highest BCUT2D eigenvalue weighted by Crippen LogP contribution is 2.18. The summed E-state index contributed by atoms with van der Waals surface area (Å²) in [6, 6.07) is 18.8. The van der Waals surface area contributed by atoms with Gasteiger partial charge in [0.2, 0.25) is 0 Å². The maximum Gasteiger partial charge on any atom is 0.0292 e. The summed E-state index contributed by atoms with van der Waals surface area (Å²) in [5.41, 5.74) is 16.4. The Morgan fingerprint density at radius 1 is 0.962 bits per heavy atom. The lowest BCUT2D eigenvalue weighted by molar-refractivity contribution is 0.699. The molecule has 0 heterocycles. The normalized spacial score (nSPS) is 12.6. The molecule has 2 nitrogen and oxygen atoms in total. The van der Waals surface area contributed by atoms with E-state index in [1.54, 1.807) is 0 Å². The van der Waals surface area contributed by atoms with Gasteiger partial charge in [-0.05, 0) is 47.6 Å². The van der Waals surface area contributed by atoms with Crippen LogP contribution in [0.15, 0.2) is 72.8 Å². The fourth-order valence-corrected chi connectivity index (χ4v) is 2.56. The molecular formula is C24H34N2. The summed E-state index contributed by atoms with van der Waals surface area (Å²) in [5, 5.41) is 0. The van der Waals surface area contributed by atoms with Gasteiger partial charge in [-0.3, -0.25) is 0 Å². The van der Waals surface area contributed by atoms with Crippen molar-refractivity contribution < 1.29 is 0 Å². The third kappa shape index (κ3) is 7.81. The predicted molar refractivity (Wildman–Crippen MR) is 116 cm³/mol. The summed E-state index contributed by atoms with van der Waals surface area (Å²) in [6.45, 7) is 7.01. The van der Waals surface area contributed by atoms with Crippen LogP contribution in [0.4, 0.5) is 0 Å². The second-order valence-corrected chi connectivity index (χ2v) is 6.21. The average molecular weight is 351 g/mol. The van der Waals surface area contributed by atoms with Crippen molar-refractivity contribution in [2.75, 3.05) is 0 Å².